The molecule has 2 unspecified atom stereocenters. The zero-order chi connectivity index (χ0) is 27.4. The topological polar surface area (TPSA) is 229 Å². The maximum Gasteiger partial charge on any atom is 0.352 e. The number of amides is 4. The van der Waals surface area contributed by atoms with E-state index in [-0.39, 0.29) is 24.4 Å². The van der Waals surface area contributed by atoms with Crippen molar-refractivity contribution in [1.29, 1.82) is 0 Å². The summed E-state index contributed by atoms with van der Waals surface area (Å²) in [6, 6.07) is 4.36. The summed E-state index contributed by atoms with van der Waals surface area (Å²) in [6.45, 7) is 0.179. The van der Waals surface area contributed by atoms with Crippen molar-refractivity contribution in [2.24, 2.45) is 11.5 Å². The number of nitrogens with two attached hydrogens (primary N) is 2. The van der Waals surface area contributed by atoms with Crippen molar-refractivity contribution in [2.75, 3.05) is 16.8 Å². The molecule has 17 heteroatoms. The third kappa shape index (κ3) is 5.63. The molecule has 7 N–H and O–H groups in total. The number of carbonyl (C=O) groups is 5. The first kappa shape index (κ1) is 27.1. The molecular weight excluding hydrogens is 538 g/mol. The van der Waals surface area contributed by atoms with Gasteiger partial charge in [-0.15, -0.1) is 16.9 Å². The molecule has 1 aromatic carbocycles. The number of hydrogen-bond acceptors (Lipinski definition) is 11. The number of fused-ring (bicyclic) bond motifs is 1. The van der Waals surface area contributed by atoms with Gasteiger partial charge in [-0.25, -0.2) is 9.48 Å². The third-order valence-corrected chi connectivity index (χ3v) is 8.13. The monoisotopic (exact) mass is 561 g/mol. The van der Waals surface area contributed by atoms with Crippen LogP contribution in [0.15, 0.2) is 40.7 Å². The van der Waals surface area contributed by atoms with Gasteiger partial charge in [-0.05, 0) is 33.7 Å². The fourth-order valence-electron chi connectivity index (χ4n) is 3.89. The fourth-order valence-corrected chi connectivity index (χ4v) is 6.28. The Morgan fingerprint density at radius 3 is 2.84 bits per heavy atom. The highest BCUT2D eigenvalue weighted by Gasteiger charge is 2.54. The minimum atomic E-state index is -1.27. The Morgan fingerprint density at radius 2 is 2.13 bits per heavy atom. The van der Waals surface area contributed by atoms with Crippen molar-refractivity contribution in [3.8, 4) is 0 Å². The predicted octanol–water partition coefficient (Wildman–Crippen LogP) is -1.35. The standard InChI is InChI=1S/C21H23N9O6S2/c22-13(32)4-5-29-21(26-27-28-29)38-8-11-7-37-19-15(18(34)30(19)16(11)20(35)36)25-17(33)14(23)10-2-1-3-12(6-10)24-9-31/h1-3,6,9,14-15,19H,4-5,7-8,23H2,(H2,22,32)(H,24,31)(H,25,33)(H,35,36)/t14?,15?,19-/m1/s1. The van der Waals surface area contributed by atoms with E-state index in [4.69, 9.17) is 11.5 Å². The summed E-state index contributed by atoms with van der Waals surface area (Å²) >= 11 is 2.48. The molecule has 1 saturated heterocycles. The highest BCUT2D eigenvalue weighted by Crippen LogP contribution is 2.41. The number of aliphatic carboxylic acids is 1. The van der Waals surface area contributed by atoms with Crippen molar-refractivity contribution in [3.05, 3.63) is 41.1 Å². The fraction of sp³-hybridized carbons (Fsp3) is 0.333. The number of nitrogens with zero attached hydrogens (tertiary/aromatic N) is 5. The molecule has 2 aromatic rings. The van der Waals surface area contributed by atoms with E-state index < -0.39 is 41.1 Å². The second-order valence-corrected chi connectivity index (χ2v) is 10.3. The lowest BCUT2D eigenvalue weighted by molar-refractivity contribution is -0.150. The number of primary amides is 1. The molecule has 0 spiro atoms. The molecule has 3 atom stereocenters. The number of aromatic nitrogens is 4. The van der Waals surface area contributed by atoms with Gasteiger partial charge in [0, 0.05) is 23.6 Å². The second kappa shape index (κ2) is 11.6. The van der Waals surface area contributed by atoms with E-state index in [0.717, 1.165) is 4.90 Å². The van der Waals surface area contributed by atoms with E-state index in [0.29, 0.717) is 34.1 Å². The summed E-state index contributed by atoms with van der Waals surface area (Å²) in [4.78, 5) is 60.7. The van der Waals surface area contributed by atoms with Gasteiger partial charge in [-0.1, -0.05) is 23.9 Å². The van der Waals surface area contributed by atoms with E-state index in [1.807, 2.05) is 0 Å². The quantitative estimate of drug-likeness (QED) is 0.115. The van der Waals surface area contributed by atoms with E-state index in [9.17, 15) is 29.1 Å². The summed E-state index contributed by atoms with van der Waals surface area (Å²) in [7, 11) is 0. The molecule has 15 nitrogen and oxygen atoms in total. The molecule has 0 radical (unpaired) electrons. The van der Waals surface area contributed by atoms with Gasteiger partial charge >= 0.3 is 5.97 Å². The van der Waals surface area contributed by atoms with Gasteiger partial charge in [0.1, 0.15) is 23.2 Å². The summed E-state index contributed by atoms with van der Waals surface area (Å²) in [5.74, 6) is -2.47. The highest BCUT2D eigenvalue weighted by molar-refractivity contribution is 8.01. The van der Waals surface area contributed by atoms with Crippen molar-refractivity contribution in [3.63, 3.8) is 0 Å². The van der Waals surface area contributed by atoms with Gasteiger partial charge in [0.15, 0.2) is 0 Å². The lowest BCUT2D eigenvalue weighted by Crippen LogP contribution is -2.71. The predicted molar refractivity (Wildman–Crippen MR) is 135 cm³/mol. The first-order valence-electron chi connectivity index (χ1n) is 11.1. The van der Waals surface area contributed by atoms with E-state index >= 15 is 0 Å². The third-order valence-electron chi connectivity index (χ3n) is 5.75. The molecule has 2 aliphatic rings. The normalized spacial score (nSPS) is 19.3. The van der Waals surface area contributed by atoms with Crippen molar-refractivity contribution >= 4 is 59.3 Å². The van der Waals surface area contributed by atoms with Crippen molar-refractivity contribution < 1.29 is 29.1 Å². The Kier molecular flexibility index (Phi) is 8.28. The van der Waals surface area contributed by atoms with Crippen LogP contribution in [0.25, 0.3) is 0 Å². The summed E-state index contributed by atoms with van der Waals surface area (Å²) in [5.41, 5.74) is 12.5. The molecule has 0 saturated carbocycles. The summed E-state index contributed by atoms with van der Waals surface area (Å²) in [5, 5.41) is 26.0. The van der Waals surface area contributed by atoms with Crippen molar-refractivity contribution in [1.82, 2.24) is 30.4 Å². The first-order valence-corrected chi connectivity index (χ1v) is 13.2. The molecule has 1 aromatic heterocycles. The average Bonchev–Trinajstić information content (AvgIpc) is 3.35. The largest absolute Gasteiger partial charge is 0.477 e. The van der Waals surface area contributed by atoms with Gasteiger partial charge in [0.2, 0.25) is 23.4 Å². The van der Waals surface area contributed by atoms with Crippen LogP contribution in [0.3, 0.4) is 0 Å². The van der Waals surface area contributed by atoms with Crippen LogP contribution >= 0.6 is 23.5 Å². The number of benzene rings is 1. The molecule has 38 heavy (non-hydrogen) atoms. The molecule has 0 bridgehead atoms. The minimum absolute atomic E-state index is 0.0410. The Morgan fingerprint density at radius 1 is 1.34 bits per heavy atom. The van der Waals surface area contributed by atoms with Gasteiger partial charge in [-0.2, -0.15) is 0 Å². The number of aryl methyl sites for hydroxylation is 1. The van der Waals surface area contributed by atoms with Crippen LogP contribution < -0.4 is 22.1 Å². The number of nitrogens with one attached hydrogen (secondary N) is 2. The molecule has 200 valence electrons. The van der Waals surface area contributed by atoms with Crippen LogP contribution in [0.4, 0.5) is 5.69 Å². The molecule has 3 heterocycles. The Balaban J connectivity index is 1.43. The Labute approximate surface area is 223 Å². The molecule has 1 fully saturated rings. The van der Waals surface area contributed by atoms with Crippen LogP contribution in [0.1, 0.15) is 18.0 Å². The first-order chi connectivity index (χ1) is 18.2. The van der Waals surface area contributed by atoms with Crippen LogP contribution in [-0.4, -0.2) is 83.2 Å². The highest BCUT2D eigenvalue weighted by atomic mass is 32.2. The van der Waals surface area contributed by atoms with Crippen LogP contribution in [0.5, 0.6) is 0 Å². The summed E-state index contributed by atoms with van der Waals surface area (Å²) < 4.78 is 1.39. The number of carboxylic acids is 1. The SMILES string of the molecule is NC(=O)CCn1nnnc1SCC1=C(C(=O)O)N2C(=O)C(NC(=O)C(N)c3cccc(NC=O)c3)[C@H]2SC1. The number of hydrogen-bond donors (Lipinski definition) is 5. The van der Waals surface area contributed by atoms with Gasteiger partial charge < -0.3 is 27.2 Å². The van der Waals surface area contributed by atoms with Gasteiger partial charge in [0.25, 0.3) is 5.91 Å². The Bertz CT molecular complexity index is 1320. The lowest BCUT2D eigenvalue weighted by atomic mass is 10.0. The minimum Gasteiger partial charge on any atom is -0.477 e. The summed E-state index contributed by atoms with van der Waals surface area (Å²) in [6.07, 6.45) is 0.540. The van der Waals surface area contributed by atoms with Gasteiger partial charge in [0.05, 0.1) is 6.54 Å². The maximum atomic E-state index is 13.0. The van der Waals surface area contributed by atoms with Crippen LogP contribution in [-0.2, 0) is 30.5 Å². The number of carboxylic acid groups (broad SMARTS) is 1. The number of β-lactam (4-membered cyclic amide) rings is 1. The Hall–Kier alpha value is -3.96. The number of thioether (sulfide) groups is 2. The molecular formula is C21H23N9O6S2. The van der Waals surface area contributed by atoms with Gasteiger partial charge in [-0.3, -0.25) is 24.1 Å². The zero-order valence-corrected chi connectivity index (χ0v) is 21.3. The molecule has 2 aliphatic heterocycles. The lowest BCUT2D eigenvalue weighted by Gasteiger charge is -2.49. The van der Waals surface area contributed by atoms with E-state index in [1.165, 1.54) is 28.2 Å². The molecule has 4 amide bonds. The van der Waals surface area contributed by atoms with Crippen molar-refractivity contribution in [2.45, 2.75) is 35.6 Å². The number of carbonyl (C=O) groups excluding carboxylic acids is 4. The molecule has 4 rings (SSSR count). The van der Waals surface area contributed by atoms with E-state index in [1.54, 1.807) is 24.3 Å². The smallest absolute Gasteiger partial charge is 0.352 e. The maximum absolute atomic E-state index is 13.0. The van der Waals surface area contributed by atoms with Crippen LogP contribution in [0, 0.1) is 0 Å². The van der Waals surface area contributed by atoms with E-state index in [2.05, 4.69) is 26.2 Å². The number of anilines is 1. The number of tetrazole rings is 1. The van der Waals surface area contributed by atoms with Crippen LogP contribution in [0.2, 0.25) is 0 Å². The number of rotatable bonds is 12. The zero-order valence-electron chi connectivity index (χ0n) is 19.6. The second-order valence-electron chi connectivity index (χ2n) is 8.21. The molecule has 0 aliphatic carbocycles. The average molecular weight is 562 g/mol.